The van der Waals surface area contributed by atoms with Crippen LogP contribution in [0.15, 0.2) is 34.7 Å². The van der Waals surface area contributed by atoms with Gasteiger partial charge in [0.2, 0.25) is 0 Å². The molecule has 2 N–H and O–H groups in total. The van der Waals surface area contributed by atoms with Gasteiger partial charge in [-0.15, -0.1) is 11.3 Å². The first-order valence-electron chi connectivity index (χ1n) is 8.90. The number of methoxy groups -OCH3 is 1. The van der Waals surface area contributed by atoms with Crippen LogP contribution in [0.1, 0.15) is 44.2 Å². The standard InChI is InChI=1S/C20H18N2O5S/c1-26-20(25)22-18(24)16-12-7-3-5-9-15(12)28-19(16)21-17(23)14-10-11-6-2-4-8-13(11)27-14/h2,4,6,8,10H,3,5,7,9H2,1H3,(H,21,23)(H,22,24,25). The van der Waals surface area contributed by atoms with Crippen molar-refractivity contribution < 1.29 is 23.5 Å². The van der Waals surface area contributed by atoms with E-state index in [1.807, 2.05) is 18.2 Å². The van der Waals surface area contributed by atoms with E-state index in [2.05, 4.69) is 15.4 Å². The summed E-state index contributed by atoms with van der Waals surface area (Å²) in [6.07, 6.45) is 2.73. The van der Waals surface area contributed by atoms with Gasteiger partial charge < -0.3 is 14.5 Å². The largest absolute Gasteiger partial charge is 0.453 e. The van der Waals surface area contributed by atoms with E-state index in [0.717, 1.165) is 41.5 Å². The number of thiophene rings is 1. The van der Waals surface area contributed by atoms with Gasteiger partial charge in [-0.3, -0.25) is 14.9 Å². The minimum Gasteiger partial charge on any atom is -0.453 e. The fraction of sp³-hybridized carbons (Fsp3) is 0.250. The smallest absolute Gasteiger partial charge is 0.413 e. The lowest BCUT2D eigenvalue weighted by Crippen LogP contribution is -2.31. The Morgan fingerprint density at radius 1 is 1.11 bits per heavy atom. The average molecular weight is 398 g/mol. The SMILES string of the molecule is COC(=O)NC(=O)c1c(NC(=O)c2cc3ccccc3o2)sc2c1CCCC2. The molecule has 28 heavy (non-hydrogen) atoms. The Kier molecular flexibility index (Phi) is 4.87. The Balaban J connectivity index is 1.66. The van der Waals surface area contributed by atoms with Gasteiger partial charge in [-0.1, -0.05) is 18.2 Å². The number of imide groups is 1. The lowest BCUT2D eigenvalue weighted by Gasteiger charge is -2.12. The van der Waals surface area contributed by atoms with Gasteiger partial charge in [0, 0.05) is 10.3 Å². The van der Waals surface area contributed by atoms with Crippen LogP contribution in [0.2, 0.25) is 0 Å². The summed E-state index contributed by atoms with van der Waals surface area (Å²) in [5.41, 5.74) is 1.83. The molecule has 0 atom stereocenters. The molecule has 1 aliphatic rings. The number of amides is 3. The van der Waals surface area contributed by atoms with E-state index < -0.39 is 17.9 Å². The number of anilines is 1. The second-order valence-electron chi connectivity index (χ2n) is 6.46. The lowest BCUT2D eigenvalue weighted by molar-refractivity contribution is 0.0937. The molecule has 4 rings (SSSR count). The number of carbonyl (C=O) groups is 3. The van der Waals surface area contributed by atoms with Crippen molar-refractivity contribution in [3.05, 3.63) is 52.1 Å². The van der Waals surface area contributed by atoms with E-state index in [1.54, 1.807) is 12.1 Å². The summed E-state index contributed by atoms with van der Waals surface area (Å²) in [5, 5.41) is 6.22. The van der Waals surface area contributed by atoms with Crippen molar-refractivity contribution in [3.63, 3.8) is 0 Å². The van der Waals surface area contributed by atoms with Crippen LogP contribution in [0, 0.1) is 0 Å². The fourth-order valence-corrected chi connectivity index (χ4v) is 4.64. The van der Waals surface area contributed by atoms with Gasteiger partial charge in [-0.2, -0.15) is 0 Å². The molecule has 2 heterocycles. The van der Waals surface area contributed by atoms with Crippen LogP contribution in [-0.2, 0) is 17.6 Å². The number of alkyl carbamates (subject to hydrolysis) is 1. The van der Waals surface area contributed by atoms with Crippen LogP contribution in [0.3, 0.4) is 0 Å². The van der Waals surface area contributed by atoms with Gasteiger partial charge >= 0.3 is 6.09 Å². The van der Waals surface area contributed by atoms with Crippen LogP contribution < -0.4 is 10.6 Å². The maximum Gasteiger partial charge on any atom is 0.413 e. The number of hydrogen-bond donors (Lipinski definition) is 2. The molecule has 144 valence electrons. The summed E-state index contributed by atoms with van der Waals surface area (Å²) in [7, 11) is 1.19. The van der Waals surface area contributed by atoms with E-state index in [4.69, 9.17) is 4.42 Å². The number of furan rings is 1. The molecule has 0 bridgehead atoms. The van der Waals surface area contributed by atoms with Crippen molar-refractivity contribution in [1.82, 2.24) is 5.32 Å². The summed E-state index contributed by atoms with van der Waals surface area (Å²) in [4.78, 5) is 37.9. The predicted octanol–water partition coefficient (Wildman–Crippen LogP) is 4.12. The number of carbonyl (C=O) groups excluding carboxylic acids is 3. The zero-order valence-corrected chi connectivity index (χ0v) is 16.0. The normalized spacial score (nSPS) is 13.0. The van der Waals surface area contributed by atoms with Crippen molar-refractivity contribution in [3.8, 4) is 0 Å². The molecule has 0 aliphatic heterocycles. The van der Waals surface area contributed by atoms with E-state index in [0.29, 0.717) is 16.1 Å². The maximum absolute atomic E-state index is 12.7. The molecule has 1 aliphatic carbocycles. The van der Waals surface area contributed by atoms with Crippen molar-refractivity contribution in [1.29, 1.82) is 0 Å². The second-order valence-corrected chi connectivity index (χ2v) is 7.57. The lowest BCUT2D eigenvalue weighted by atomic mass is 9.95. The van der Waals surface area contributed by atoms with Gasteiger partial charge in [0.1, 0.15) is 10.6 Å². The van der Waals surface area contributed by atoms with Gasteiger partial charge in [0.05, 0.1) is 12.7 Å². The third-order valence-corrected chi connectivity index (χ3v) is 5.88. The molecule has 1 aromatic carbocycles. The molecular formula is C20H18N2O5S. The van der Waals surface area contributed by atoms with E-state index >= 15 is 0 Å². The highest BCUT2D eigenvalue weighted by Crippen LogP contribution is 2.38. The van der Waals surface area contributed by atoms with E-state index in [-0.39, 0.29) is 5.76 Å². The van der Waals surface area contributed by atoms with Crippen LogP contribution in [-0.4, -0.2) is 25.0 Å². The minimum absolute atomic E-state index is 0.159. The Hall–Kier alpha value is -3.13. The van der Waals surface area contributed by atoms with Crippen molar-refractivity contribution in [2.45, 2.75) is 25.7 Å². The van der Waals surface area contributed by atoms with Gasteiger partial charge in [-0.25, -0.2) is 4.79 Å². The molecule has 0 saturated carbocycles. The quantitative estimate of drug-likeness (QED) is 0.692. The number of aryl methyl sites for hydroxylation is 1. The number of ether oxygens (including phenoxy) is 1. The Morgan fingerprint density at radius 3 is 2.68 bits per heavy atom. The summed E-state index contributed by atoms with van der Waals surface area (Å²) in [6, 6.07) is 8.99. The molecule has 7 nitrogen and oxygen atoms in total. The zero-order valence-electron chi connectivity index (χ0n) is 15.2. The van der Waals surface area contributed by atoms with Crippen LogP contribution in [0.25, 0.3) is 11.0 Å². The Morgan fingerprint density at radius 2 is 1.89 bits per heavy atom. The number of rotatable bonds is 3. The van der Waals surface area contributed by atoms with Crippen LogP contribution in [0.5, 0.6) is 0 Å². The second kappa shape index (κ2) is 7.47. The monoisotopic (exact) mass is 398 g/mol. The predicted molar refractivity (Wildman–Crippen MR) is 105 cm³/mol. The highest BCUT2D eigenvalue weighted by molar-refractivity contribution is 7.17. The van der Waals surface area contributed by atoms with Crippen LogP contribution >= 0.6 is 11.3 Å². The van der Waals surface area contributed by atoms with Gasteiger partial charge in [-0.05, 0) is 43.4 Å². The minimum atomic E-state index is -0.838. The molecular weight excluding hydrogens is 380 g/mol. The molecule has 8 heteroatoms. The molecule has 2 aromatic heterocycles. The maximum atomic E-state index is 12.7. The number of fused-ring (bicyclic) bond motifs is 2. The third kappa shape index (κ3) is 3.38. The fourth-order valence-electron chi connectivity index (χ4n) is 3.36. The third-order valence-electron chi connectivity index (χ3n) is 4.68. The molecule has 3 aromatic rings. The average Bonchev–Trinajstić information content (AvgIpc) is 3.28. The molecule has 3 amide bonds. The first-order chi connectivity index (χ1) is 13.6. The molecule has 0 spiro atoms. The number of nitrogens with one attached hydrogen (secondary N) is 2. The van der Waals surface area contributed by atoms with Crippen molar-refractivity contribution >= 4 is 45.2 Å². The molecule has 0 unspecified atom stereocenters. The molecule has 0 fully saturated rings. The zero-order chi connectivity index (χ0) is 19.7. The van der Waals surface area contributed by atoms with E-state index in [9.17, 15) is 14.4 Å². The van der Waals surface area contributed by atoms with Crippen molar-refractivity contribution in [2.75, 3.05) is 12.4 Å². The highest BCUT2D eigenvalue weighted by Gasteiger charge is 2.28. The first kappa shape index (κ1) is 18.2. The number of benzene rings is 1. The summed E-state index contributed by atoms with van der Waals surface area (Å²) in [6.45, 7) is 0. The van der Waals surface area contributed by atoms with Crippen LogP contribution in [0.4, 0.5) is 9.80 Å². The van der Waals surface area contributed by atoms with Gasteiger partial charge in [0.15, 0.2) is 5.76 Å². The number of para-hydroxylation sites is 1. The first-order valence-corrected chi connectivity index (χ1v) is 9.72. The Bertz CT molecular complexity index is 1050. The molecule has 0 saturated heterocycles. The van der Waals surface area contributed by atoms with E-state index in [1.165, 1.54) is 18.4 Å². The number of hydrogen-bond acceptors (Lipinski definition) is 6. The van der Waals surface area contributed by atoms with Crippen molar-refractivity contribution in [2.24, 2.45) is 0 Å². The summed E-state index contributed by atoms with van der Waals surface area (Å²) < 4.78 is 10.1. The Labute approximate surface area is 164 Å². The van der Waals surface area contributed by atoms with Gasteiger partial charge in [0.25, 0.3) is 11.8 Å². The highest BCUT2D eigenvalue weighted by atomic mass is 32.1. The summed E-state index contributed by atoms with van der Waals surface area (Å²) in [5.74, 6) is -0.861. The topological polar surface area (TPSA) is 97.6 Å². The summed E-state index contributed by atoms with van der Waals surface area (Å²) >= 11 is 1.37. The molecule has 0 radical (unpaired) electrons.